The summed E-state index contributed by atoms with van der Waals surface area (Å²) in [5.74, 6) is -0.0721. The summed E-state index contributed by atoms with van der Waals surface area (Å²) in [6.07, 6.45) is 2.20. The minimum atomic E-state index is -0.0721. The fraction of sp³-hybridized carbons (Fsp3) is 0.143. The molecule has 2 aromatic heterocycles. The maximum absolute atomic E-state index is 13.2. The molecule has 0 bridgehead atoms. The molecule has 0 saturated carbocycles. The van der Waals surface area contributed by atoms with E-state index < -0.39 is 0 Å². The number of fused-ring (bicyclic) bond motifs is 3. The summed E-state index contributed by atoms with van der Waals surface area (Å²) in [7, 11) is 0. The van der Waals surface area contributed by atoms with Gasteiger partial charge in [-0.25, -0.2) is 0 Å². The third kappa shape index (κ3) is 2.62. The minimum Gasteiger partial charge on any atom is -0.363 e. The van der Waals surface area contributed by atoms with E-state index in [4.69, 9.17) is 16.1 Å². The van der Waals surface area contributed by atoms with Crippen LogP contribution < -0.4 is 0 Å². The fourth-order valence-corrected chi connectivity index (χ4v) is 3.96. The van der Waals surface area contributed by atoms with Crippen molar-refractivity contribution in [3.05, 3.63) is 76.6 Å². The summed E-state index contributed by atoms with van der Waals surface area (Å²) in [6.45, 7) is 1.17. The highest BCUT2D eigenvalue weighted by molar-refractivity contribution is 6.35. The Hall–Kier alpha value is -3.05. The molecule has 5 nitrogen and oxygen atoms in total. The number of nitrogens with zero attached hydrogens (tertiary/aromatic N) is 2. The first-order chi connectivity index (χ1) is 13.2. The first kappa shape index (κ1) is 16.1. The lowest BCUT2D eigenvalue weighted by Crippen LogP contribution is -2.35. The summed E-state index contributed by atoms with van der Waals surface area (Å²) < 4.78 is 5.13. The van der Waals surface area contributed by atoms with Gasteiger partial charge in [-0.05, 0) is 6.07 Å². The van der Waals surface area contributed by atoms with E-state index in [1.807, 2.05) is 53.4 Å². The lowest BCUT2D eigenvalue weighted by molar-refractivity contribution is 0.0735. The van der Waals surface area contributed by atoms with Crippen molar-refractivity contribution in [1.82, 2.24) is 15.0 Å². The summed E-state index contributed by atoms with van der Waals surface area (Å²) in [6, 6.07) is 15.5. The summed E-state index contributed by atoms with van der Waals surface area (Å²) in [4.78, 5) is 18.4. The zero-order valence-electron chi connectivity index (χ0n) is 14.4. The van der Waals surface area contributed by atoms with Crippen molar-refractivity contribution in [1.29, 1.82) is 0 Å². The van der Waals surface area contributed by atoms with Crippen LogP contribution >= 0.6 is 11.6 Å². The molecule has 134 valence electrons. The number of carbonyl (C=O) groups excluding carboxylic acids is 1. The lowest BCUT2D eigenvalue weighted by atomic mass is 10.0. The number of benzene rings is 2. The van der Waals surface area contributed by atoms with Gasteiger partial charge in [-0.3, -0.25) is 4.79 Å². The number of carbonyl (C=O) groups is 1. The molecule has 0 fully saturated rings. The summed E-state index contributed by atoms with van der Waals surface area (Å²) in [5.41, 5.74) is 5.15. The first-order valence-electron chi connectivity index (χ1n) is 8.79. The molecule has 27 heavy (non-hydrogen) atoms. The number of amides is 1. The smallest absolute Gasteiger partial charge is 0.259 e. The summed E-state index contributed by atoms with van der Waals surface area (Å²) >= 11 is 6.31. The van der Waals surface area contributed by atoms with E-state index in [1.54, 1.807) is 0 Å². The lowest BCUT2D eigenvalue weighted by Gasteiger charge is -2.27. The number of halogens is 1. The number of hydrogen-bond acceptors (Lipinski definition) is 3. The summed E-state index contributed by atoms with van der Waals surface area (Å²) in [5, 5.41) is 5.82. The topological polar surface area (TPSA) is 62.1 Å². The molecule has 0 saturated heterocycles. The molecule has 0 radical (unpaired) electrons. The van der Waals surface area contributed by atoms with Gasteiger partial charge in [-0.2, -0.15) is 0 Å². The Morgan fingerprint density at radius 2 is 2.00 bits per heavy atom. The minimum absolute atomic E-state index is 0.0721. The number of aromatic amines is 1. The zero-order chi connectivity index (χ0) is 18.4. The second kappa shape index (κ2) is 6.28. The van der Waals surface area contributed by atoms with Gasteiger partial charge in [0.05, 0.1) is 10.5 Å². The number of hydrogen-bond donors (Lipinski definition) is 1. The fourth-order valence-electron chi connectivity index (χ4n) is 3.74. The molecule has 0 aliphatic carbocycles. The SMILES string of the molecule is O=C(c1conc1-c1ccccc1)N1CCc2[nH]c3c(Cl)cccc3c2C1. The second-order valence-electron chi connectivity index (χ2n) is 6.66. The maximum atomic E-state index is 13.2. The van der Waals surface area contributed by atoms with Gasteiger partial charge < -0.3 is 14.4 Å². The number of H-pyrrole nitrogens is 1. The standard InChI is InChI=1S/C21H16ClN3O2/c22-17-8-4-7-14-15-11-25(10-9-18(15)23-20(14)17)21(26)16-12-27-24-19(16)13-5-2-1-3-6-13/h1-8,12,23H,9-11H2. The molecule has 1 amide bonds. The van der Waals surface area contributed by atoms with Crippen molar-refractivity contribution in [2.75, 3.05) is 6.54 Å². The van der Waals surface area contributed by atoms with Gasteiger partial charge in [0.2, 0.25) is 0 Å². The van der Waals surface area contributed by atoms with E-state index in [1.165, 1.54) is 6.26 Å². The van der Waals surface area contributed by atoms with Crippen LogP contribution in [-0.4, -0.2) is 27.5 Å². The largest absolute Gasteiger partial charge is 0.363 e. The average Bonchev–Trinajstić information content (AvgIpc) is 3.33. The molecule has 6 heteroatoms. The molecule has 1 N–H and O–H groups in total. The van der Waals surface area contributed by atoms with Crippen LogP contribution in [0.3, 0.4) is 0 Å². The van der Waals surface area contributed by atoms with Crippen LogP contribution in [-0.2, 0) is 13.0 Å². The van der Waals surface area contributed by atoms with Crippen LogP contribution in [0, 0.1) is 0 Å². The number of nitrogens with one attached hydrogen (secondary N) is 1. The molecule has 5 rings (SSSR count). The van der Waals surface area contributed by atoms with Crippen LogP contribution in [0.4, 0.5) is 0 Å². The Morgan fingerprint density at radius 1 is 1.15 bits per heavy atom. The van der Waals surface area contributed by atoms with Crippen LogP contribution in [0.15, 0.2) is 59.3 Å². The van der Waals surface area contributed by atoms with Crippen molar-refractivity contribution in [3.8, 4) is 11.3 Å². The highest BCUT2D eigenvalue weighted by atomic mass is 35.5. The third-order valence-electron chi connectivity index (χ3n) is 5.09. The second-order valence-corrected chi connectivity index (χ2v) is 7.07. The van der Waals surface area contributed by atoms with Crippen LogP contribution in [0.25, 0.3) is 22.2 Å². The molecule has 1 aliphatic heterocycles. The Kier molecular flexibility index (Phi) is 3.76. The van der Waals surface area contributed by atoms with Crippen molar-refractivity contribution < 1.29 is 9.32 Å². The Morgan fingerprint density at radius 3 is 2.85 bits per heavy atom. The van der Waals surface area contributed by atoms with Gasteiger partial charge in [-0.1, -0.05) is 59.2 Å². The van der Waals surface area contributed by atoms with Gasteiger partial charge in [0.1, 0.15) is 17.5 Å². The van der Waals surface area contributed by atoms with Crippen LogP contribution in [0.1, 0.15) is 21.6 Å². The van der Waals surface area contributed by atoms with Crippen molar-refractivity contribution in [2.45, 2.75) is 13.0 Å². The van der Waals surface area contributed by atoms with Crippen molar-refractivity contribution in [2.24, 2.45) is 0 Å². The molecular formula is C21H16ClN3O2. The van der Waals surface area contributed by atoms with Gasteiger partial charge in [0, 0.05) is 41.7 Å². The van der Waals surface area contributed by atoms with Gasteiger partial charge in [0.15, 0.2) is 0 Å². The number of para-hydroxylation sites is 1. The Balaban J connectivity index is 1.50. The first-order valence-corrected chi connectivity index (χ1v) is 9.17. The molecule has 1 aliphatic rings. The Bertz CT molecular complexity index is 1150. The molecule has 0 spiro atoms. The van der Waals surface area contributed by atoms with Gasteiger partial charge in [-0.15, -0.1) is 0 Å². The quantitative estimate of drug-likeness (QED) is 0.552. The molecule has 2 aromatic carbocycles. The van der Waals surface area contributed by atoms with Crippen molar-refractivity contribution in [3.63, 3.8) is 0 Å². The van der Waals surface area contributed by atoms with E-state index in [0.29, 0.717) is 29.4 Å². The maximum Gasteiger partial charge on any atom is 0.259 e. The van der Waals surface area contributed by atoms with Crippen LogP contribution in [0.2, 0.25) is 5.02 Å². The molecule has 0 unspecified atom stereocenters. The van der Waals surface area contributed by atoms with E-state index >= 15 is 0 Å². The molecular weight excluding hydrogens is 362 g/mol. The highest BCUT2D eigenvalue weighted by Crippen LogP contribution is 2.32. The van der Waals surface area contributed by atoms with Gasteiger partial charge in [0.25, 0.3) is 5.91 Å². The molecule has 0 atom stereocenters. The van der Waals surface area contributed by atoms with Crippen LogP contribution in [0.5, 0.6) is 0 Å². The molecule has 3 heterocycles. The monoisotopic (exact) mass is 377 g/mol. The highest BCUT2D eigenvalue weighted by Gasteiger charge is 2.28. The van der Waals surface area contributed by atoms with E-state index in [-0.39, 0.29) is 5.91 Å². The third-order valence-corrected chi connectivity index (χ3v) is 5.41. The zero-order valence-corrected chi connectivity index (χ0v) is 15.2. The average molecular weight is 378 g/mol. The Labute approximate surface area is 160 Å². The van der Waals surface area contributed by atoms with E-state index in [0.717, 1.165) is 34.1 Å². The molecule has 4 aromatic rings. The predicted octanol–water partition coefficient (Wildman–Crippen LogP) is 4.67. The normalized spacial score (nSPS) is 13.7. The van der Waals surface area contributed by atoms with E-state index in [9.17, 15) is 4.79 Å². The van der Waals surface area contributed by atoms with E-state index in [2.05, 4.69) is 10.1 Å². The number of aromatic nitrogens is 2. The van der Waals surface area contributed by atoms with Crippen molar-refractivity contribution >= 4 is 28.4 Å². The predicted molar refractivity (Wildman–Crippen MR) is 104 cm³/mol. The number of rotatable bonds is 2. The van der Waals surface area contributed by atoms with Gasteiger partial charge >= 0.3 is 0 Å².